The van der Waals surface area contributed by atoms with Crippen LogP contribution in [-0.2, 0) is 16.1 Å². The number of ether oxygens (including phenoxy) is 1. The number of nitrogens with zero attached hydrogens (tertiary/aromatic N) is 4. The number of pyridine rings is 1. The third-order valence-corrected chi connectivity index (χ3v) is 9.27. The second-order valence-electron chi connectivity index (χ2n) is 11.5. The lowest BCUT2D eigenvalue weighted by Gasteiger charge is -2.39. The zero-order valence-electron chi connectivity index (χ0n) is 25.7. The number of thioether (sulfide) groups is 1. The van der Waals surface area contributed by atoms with E-state index in [-0.39, 0.29) is 29.2 Å². The molecule has 9 heteroatoms. The second kappa shape index (κ2) is 16.5. The van der Waals surface area contributed by atoms with Crippen molar-refractivity contribution >= 4 is 46.1 Å². The smallest absolute Gasteiger partial charge is 0.270 e. The molecule has 2 unspecified atom stereocenters. The molecular weight excluding hydrogens is 553 g/mol. The molecule has 0 aliphatic carbocycles. The monoisotopic (exact) mass is 600 g/mol. The number of amides is 1. The minimum atomic E-state index is -0.278. The third kappa shape index (κ3) is 8.68. The second-order valence-corrected chi connectivity index (χ2v) is 13.2. The van der Waals surface area contributed by atoms with E-state index in [1.807, 2.05) is 33.8 Å². The third-order valence-electron chi connectivity index (χ3n) is 7.90. The van der Waals surface area contributed by atoms with Gasteiger partial charge in [-0.25, -0.2) is 0 Å². The summed E-state index contributed by atoms with van der Waals surface area (Å²) in [6.07, 6.45) is 15.0. The van der Waals surface area contributed by atoms with Crippen LogP contribution in [0.2, 0.25) is 0 Å². The van der Waals surface area contributed by atoms with Crippen LogP contribution in [0.1, 0.15) is 115 Å². The predicted molar refractivity (Wildman–Crippen MR) is 174 cm³/mol. The number of anilines is 1. The van der Waals surface area contributed by atoms with E-state index in [2.05, 4.69) is 17.9 Å². The van der Waals surface area contributed by atoms with Crippen LogP contribution in [0.5, 0.6) is 0 Å². The maximum atomic E-state index is 13.5. The molecule has 2 fully saturated rings. The molecule has 0 saturated carbocycles. The van der Waals surface area contributed by atoms with Crippen LogP contribution in [0.4, 0.5) is 5.82 Å². The summed E-state index contributed by atoms with van der Waals surface area (Å²) >= 11 is 6.95. The average molecular weight is 601 g/mol. The number of thiocarbonyl (C=S) groups is 1. The van der Waals surface area contributed by atoms with Crippen molar-refractivity contribution in [1.82, 2.24) is 9.47 Å². The van der Waals surface area contributed by atoms with Crippen molar-refractivity contribution in [2.45, 2.75) is 124 Å². The average Bonchev–Trinajstić information content (AvgIpc) is 3.19. The van der Waals surface area contributed by atoms with Gasteiger partial charge in [-0.2, -0.15) is 5.26 Å². The molecule has 1 aromatic heterocycles. The number of carbonyl (C=O) groups is 1. The molecule has 3 heterocycles. The highest BCUT2D eigenvalue weighted by Gasteiger charge is 2.34. The zero-order valence-corrected chi connectivity index (χ0v) is 27.3. The summed E-state index contributed by atoms with van der Waals surface area (Å²) in [5.41, 5.74) is 1.20. The van der Waals surface area contributed by atoms with Gasteiger partial charge in [-0.3, -0.25) is 19.1 Å². The van der Waals surface area contributed by atoms with E-state index in [0.29, 0.717) is 41.0 Å². The molecule has 2 aliphatic rings. The summed E-state index contributed by atoms with van der Waals surface area (Å²) in [6.45, 7) is 12.5. The number of unbranched alkanes of at least 4 members (excludes halogenated alkanes) is 9. The van der Waals surface area contributed by atoms with E-state index in [0.717, 1.165) is 30.6 Å². The molecule has 1 amide bonds. The molecule has 226 valence electrons. The Balaban J connectivity index is 1.79. The van der Waals surface area contributed by atoms with E-state index in [9.17, 15) is 14.9 Å². The lowest BCUT2D eigenvalue weighted by atomic mass is 10.0. The van der Waals surface area contributed by atoms with E-state index >= 15 is 0 Å². The van der Waals surface area contributed by atoms with Gasteiger partial charge in [0, 0.05) is 31.7 Å². The molecule has 2 saturated heterocycles. The Morgan fingerprint density at radius 3 is 2.10 bits per heavy atom. The van der Waals surface area contributed by atoms with Gasteiger partial charge in [-0.05, 0) is 45.3 Å². The fraction of sp³-hybridized carbons (Fsp3) is 0.688. The summed E-state index contributed by atoms with van der Waals surface area (Å²) in [5.74, 6) is 0.673. The van der Waals surface area contributed by atoms with Gasteiger partial charge in [-0.15, -0.1) is 0 Å². The minimum Gasteiger partial charge on any atom is -0.372 e. The fourth-order valence-corrected chi connectivity index (χ4v) is 7.14. The molecule has 0 radical (unpaired) electrons. The molecule has 1 aromatic rings. The Bertz CT molecular complexity index is 1190. The van der Waals surface area contributed by atoms with Crippen molar-refractivity contribution in [2.24, 2.45) is 0 Å². The quantitative estimate of drug-likeness (QED) is 0.120. The molecule has 0 bridgehead atoms. The Labute approximate surface area is 256 Å². The first-order valence-electron chi connectivity index (χ1n) is 15.6. The first kappa shape index (κ1) is 33.4. The van der Waals surface area contributed by atoms with Crippen LogP contribution < -0.4 is 10.5 Å². The van der Waals surface area contributed by atoms with Gasteiger partial charge in [0.25, 0.3) is 11.5 Å². The summed E-state index contributed by atoms with van der Waals surface area (Å²) < 4.78 is 8.26. The van der Waals surface area contributed by atoms with Crippen molar-refractivity contribution < 1.29 is 9.53 Å². The Morgan fingerprint density at radius 1 is 0.951 bits per heavy atom. The normalized spacial score (nSPS) is 20.3. The molecule has 41 heavy (non-hydrogen) atoms. The highest BCUT2D eigenvalue weighted by Crippen LogP contribution is 2.36. The van der Waals surface area contributed by atoms with Crippen molar-refractivity contribution in [2.75, 3.05) is 24.5 Å². The van der Waals surface area contributed by atoms with E-state index < -0.39 is 0 Å². The fourth-order valence-electron chi connectivity index (χ4n) is 5.85. The van der Waals surface area contributed by atoms with Crippen LogP contribution in [-0.4, -0.2) is 51.5 Å². The zero-order chi connectivity index (χ0) is 29.9. The van der Waals surface area contributed by atoms with Gasteiger partial charge in [0.2, 0.25) is 0 Å². The maximum absolute atomic E-state index is 13.5. The molecule has 3 rings (SSSR count). The van der Waals surface area contributed by atoms with Crippen molar-refractivity contribution in [3.8, 4) is 6.07 Å². The molecule has 2 atom stereocenters. The Hall–Kier alpha value is -2.15. The number of morpholine rings is 1. The van der Waals surface area contributed by atoms with Gasteiger partial charge in [-0.1, -0.05) is 95.6 Å². The van der Waals surface area contributed by atoms with Crippen molar-refractivity contribution in [1.29, 1.82) is 5.26 Å². The number of nitriles is 1. The largest absolute Gasteiger partial charge is 0.372 e. The maximum Gasteiger partial charge on any atom is 0.270 e. The molecule has 2 aliphatic heterocycles. The van der Waals surface area contributed by atoms with Crippen LogP contribution in [0.25, 0.3) is 6.08 Å². The van der Waals surface area contributed by atoms with Crippen molar-refractivity contribution in [3.05, 3.63) is 31.9 Å². The highest BCUT2D eigenvalue weighted by atomic mass is 32.2. The molecule has 0 aromatic carbocycles. The number of rotatable bonds is 15. The molecule has 7 nitrogen and oxygen atoms in total. The van der Waals surface area contributed by atoms with Crippen molar-refractivity contribution in [3.63, 3.8) is 0 Å². The molecule has 0 spiro atoms. The van der Waals surface area contributed by atoms with Gasteiger partial charge >= 0.3 is 0 Å². The SMILES string of the molecule is CCCCCCCCCCCCN1C(=O)/C(=C/c2c(C)c(C#N)c(=O)n(CCC)c2N2CC(C)OC(C)C2)SC1=S. The van der Waals surface area contributed by atoms with Gasteiger partial charge in [0.05, 0.1) is 17.1 Å². The predicted octanol–water partition coefficient (Wildman–Crippen LogP) is 7.17. The van der Waals surface area contributed by atoms with E-state index in [4.69, 9.17) is 17.0 Å². The first-order valence-corrected chi connectivity index (χ1v) is 16.8. The summed E-state index contributed by atoms with van der Waals surface area (Å²) in [7, 11) is 0. The van der Waals surface area contributed by atoms with Crippen LogP contribution >= 0.6 is 24.0 Å². The summed E-state index contributed by atoms with van der Waals surface area (Å²) in [4.78, 5) is 31.4. The highest BCUT2D eigenvalue weighted by molar-refractivity contribution is 8.26. The Kier molecular flexibility index (Phi) is 13.4. The van der Waals surface area contributed by atoms with Crippen LogP contribution in [0, 0.1) is 18.3 Å². The summed E-state index contributed by atoms with van der Waals surface area (Å²) in [6, 6.07) is 2.13. The van der Waals surface area contributed by atoms with Crippen LogP contribution in [0.15, 0.2) is 9.70 Å². The van der Waals surface area contributed by atoms with E-state index in [1.165, 1.54) is 63.1 Å². The summed E-state index contributed by atoms with van der Waals surface area (Å²) in [5, 5.41) is 9.90. The number of hydrogen-bond acceptors (Lipinski definition) is 7. The standard InChI is InChI=1S/C32H48N4O3S2/c1-6-8-9-10-11-12-13-14-15-16-18-36-31(38)28(41-32(36)40)19-26-25(5)27(20-33)30(37)35(17-7-2)29(26)34-21-23(3)39-24(4)22-34/h19,23-24H,6-18,21-22H2,1-5H3/b28-19-. The first-order chi connectivity index (χ1) is 19.7. The lowest BCUT2D eigenvalue weighted by Crippen LogP contribution is -2.48. The number of aromatic nitrogens is 1. The molecule has 0 N–H and O–H groups in total. The Morgan fingerprint density at radius 2 is 1.54 bits per heavy atom. The number of carbonyl (C=O) groups excluding carboxylic acids is 1. The topological polar surface area (TPSA) is 78.6 Å². The van der Waals surface area contributed by atoms with Gasteiger partial charge < -0.3 is 9.64 Å². The number of hydrogen-bond donors (Lipinski definition) is 0. The lowest BCUT2D eigenvalue weighted by molar-refractivity contribution is -0.122. The van der Waals surface area contributed by atoms with Gasteiger partial charge in [0.1, 0.15) is 21.8 Å². The minimum absolute atomic E-state index is 0.00741. The molecular formula is C32H48N4O3S2. The van der Waals surface area contributed by atoms with Gasteiger partial charge in [0.15, 0.2) is 0 Å². The van der Waals surface area contributed by atoms with E-state index in [1.54, 1.807) is 9.47 Å². The van der Waals surface area contributed by atoms with Crippen LogP contribution in [0.3, 0.4) is 0 Å².